The maximum Gasteiger partial charge on any atom is 0.133 e. The first-order valence-corrected chi connectivity index (χ1v) is 43.7. The Kier molecular flexibility index (Phi) is 36.4. The molecule has 2 aliphatic carbocycles. The molecule has 462 valence electrons. The van der Waals surface area contributed by atoms with Crippen molar-refractivity contribution in [2.75, 3.05) is 26.2 Å². The topological polar surface area (TPSA) is 51.1 Å². The van der Waals surface area contributed by atoms with Crippen molar-refractivity contribution in [3.05, 3.63) is 147 Å². The molecule has 4 fully saturated rings. The number of hydrogen-bond acceptors (Lipinski definition) is 2. The molecule has 0 amide bonds. The zero-order chi connectivity index (χ0) is 60.6. The van der Waals surface area contributed by atoms with Crippen LogP contribution < -0.4 is 0 Å². The number of piperidine rings is 2. The number of thioether (sulfide) groups is 2. The fourth-order valence-electron chi connectivity index (χ4n) is 11.1. The van der Waals surface area contributed by atoms with E-state index in [1.807, 2.05) is 11.8 Å². The van der Waals surface area contributed by atoms with E-state index in [0.717, 1.165) is 121 Å². The van der Waals surface area contributed by atoms with Crippen LogP contribution >= 0.6 is 87.8 Å². The van der Waals surface area contributed by atoms with Crippen molar-refractivity contribution in [2.24, 2.45) is 47.3 Å². The van der Waals surface area contributed by atoms with E-state index in [9.17, 15) is 28.4 Å². The Hall–Kier alpha value is 0.0755. The third-order valence-electron chi connectivity index (χ3n) is 16.2. The Bertz CT molecular complexity index is 2360. The maximum atomic E-state index is 13.4. The summed E-state index contributed by atoms with van der Waals surface area (Å²) in [5.74, 6) is 3.10. The first kappa shape index (κ1) is 80.1. The summed E-state index contributed by atoms with van der Waals surface area (Å²) in [5.41, 5.74) is 5.76. The number of rotatable bonds is 3. The molecule has 0 N–H and O–H groups in total. The smallest absolute Gasteiger partial charge is 0.133 e. The Morgan fingerprint density at radius 3 is 1.17 bits per heavy atom. The van der Waals surface area contributed by atoms with Gasteiger partial charge in [0.25, 0.3) is 0 Å². The van der Waals surface area contributed by atoms with Crippen LogP contribution in [0.5, 0.6) is 0 Å². The van der Waals surface area contributed by atoms with Gasteiger partial charge >= 0.3 is 71.3 Å². The minimum Gasteiger partial charge on any atom is -0.468 e. The number of fused-ring (bicyclic) bond motifs is 2. The van der Waals surface area contributed by atoms with Crippen LogP contribution in [0.2, 0.25) is 19.6 Å². The average molecular weight is 1430 g/mol. The molecule has 4 nitrogen and oxygen atoms in total. The summed E-state index contributed by atoms with van der Waals surface area (Å²) >= 11 is 12.4. The summed E-state index contributed by atoms with van der Waals surface area (Å²) < 4.78 is 55.1. The molecule has 0 aromatic heterocycles. The Labute approximate surface area is 550 Å². The van der Waals surface area contributed by atoms with Crippen LogP contribution in [0.3, 0.4) is 0 Å². The van der Waals surface area contributed by atoms with Gasteiger partial charge in [-0.3, -0.25) is 0 Å². The zero-order valence-corrected chi connectivity index (χ0v) is 62.7. The largest absolute Gasteiger partial charge is 0.468 e. The number of likely N-dealkylation sites (tertiary alicyclic amines) is 2. The average Bonchev–Trinajstić information content (AvgIpc) is 4.11. The van der Waals surface area contributed by atoms with Gasteiger partial charge in [-0.15, -0.1) is 23.5 Å². The molecule has 82 heavy (non-hydrogen) atoms. The van der Waals surface area contributed by atoms with Crippen molar-refractivity contribution in [1.29, 1.82) is 0 Å². The molecule has 3 aromatic rings. The van der Waals surface area contributed by atoms with E-state index >= 15 is 0 Å². The number of allylic oxidation sites excluding steroid dienone is 2. The van der Waals surface area contributed by atoms with E-state index in [4.69, 9.17) is 48.3 Å². The van der Waals surface area contributed by atoms with Gasteiger partial charge in [-0.2, -0.15) is 11.1 Å². The molecule has 4 heterocycles. The third-order valence-corrected chi connectivity index (χ3v) is 20.2. The zero-order valence-electron chi connectivity index (χ0n) is 51.6. The number of hydrogen-bond donors (Lipinski definition) is 0. The monoisotopic (exact) mass is 1420 g/mol. The first-order valence-electron chi connectivity index (χ1n) is 27.9. The Morgan fingerprint density at radius 2 is 0.854 bits per heavy atom. The summed E-state index contributed by atoms with van der Waals surface area (Å²) in [4.78, 5) is 3.26. The van der Waals surface area contributed by atoms with Gasteiger partial charge in [0.1, 0.15) is 30.7 Å². The maximum absolute atomic E-state index is 13.4. The quantitative estimate of drug-likeness (QED) is 0.0655. The molecule has 4 aliphatic heterocycles. The fraction of sp³-hybridized carbons (Fsp3) is 0.587. The van der Waals surface area contributed by atoms with Crippen molar-refractivity contribution >= 4 is 112 Å². The predicted molar refractivity (Wildman–Crippen MR) is 357 cm³/mol. The van der Waals surface area contributed by atoms with Gasteiger partial charge in [-0.05, 0) is 130 Å². The van der Waals surface area contributed by atoms with Crippen LogP contribution in [0, 0.1) is 85.5 Å². The van der Waals surface area contributed by atoms with Crippen molar-refractivity contribution in [2.45, 2.75) is 163 Å². The third kappa shape index (κ3) is 23.5. The number of nitrogens with zero attached hydrogens (tertiary/aromatic N) is 4. The molecular formula is C63H92BrCl5F4N4S2SiTi2-4. The van der Waals surface area contributed by atoms with Crippen LogP contribution in [0.1, 0.15) is 149 Å². The normalized spacial score (nSPS) is 25.0. The molecule has 2 saturated carbocycles. The molecule has 6 aliphatic rings. The minimum absolute atomic E-state index is 0. The molecule has 0 radical (unpaired) electrons. The predicted octanol–water partition coefficient (Wildman–Crippen LogP) is 22.4. The summed E-state index contributed by atoms with van der Waals surface area (Å²) in [6.07, 6.45) is 5.98. The van der Waals surface area contributed by atoms with Gasteiger partial charge in [-0.1, -0.05) is 199 Å². The minimum atomic E-state index is -1.14. The first-order chi connectivity index (χ1) is 37.3. The second kappa shape index (κ2) is 37.3. The second-order valence-electron chi connectivity index (χ2n) is 24.9. The summed E-state index contributed by atoms with van der Waals surface area (Å²) in [7, 11) is 18.4. The molecule has 2 saturated heterocycles. The number of benzene rings is 3. The second-order valence-corrected chi connectivity index (χ2v) is 40.6. The van der Waals surface area contributed by atoms with Crippen LogP contribution in [-0.2, 0) is 44.9 Å². The van der Waals surface area contributed by atoms with Gasteiger partial charge < -0.3 is 35.5 Å². The summed E-state index contributed by atoms with van der Waals surface area (Å²) in [5, 5.41) is 26.2. The van der Waals surface area contributed by atoms with Crippen molar-refractivity contribution < 1.29 is 51.6 Å². The molecule has 10 atom stereocenters. The van der Waals surface area contributed by atoms with Crippen molar-refractivity contribution in [3.63, 3.8) is 0 Å². The van der Waals surface area contributed by atoms with E-state index in [1.54, 1.807) is 15.4 Å². The van der Waals surface area contributed by atoms with E-state index in [2.05, 4.69) is 159 Å². The molecule has 10 unspecified atom stereocenters. The number of amidine groups is 2. The molecule has 3 aromatic carbocycles. The molecule has 19 heteroatoms. The van der Waals surface area contributed by atoms with Crippen LogP contribution in [0.25, 0.3) is 16.4 Å². The van der Waals surface area contributed by atoms with E-state index < -0.39 is 64.7 Å². The van der Waals surface area contributed by atoms with E-state index in [-0.39, 0.29) is 48.5 Å². The summed E-state index contributed by atoms with van der Waals surface area (Å²) in [6.45, 7) is 37.5. The fourth-order valence-corrected chi connectivity index (χ4v) is 15.4. The van der Waals surface area contributed by atoms with Gasteiger partial charge in [-0.25, -0.2) is 17.6 Å². The molecule has 0 bridgehead atoms. The van der Waals surface area contributed by atoms with E-state index in [1.165, 1.54) is 33.3 Å². The van der Waals surface area contributed by atoms with Gasteiger partial charge in [0.05, 0.1) is 0 Å². The molecule has 0 spiro atoms. The SMILES string of the molecule is CC1C(C)C2SC=C(Br)C2C1C.CC1C(C)C2SC=C(c3cc(C(C)(C)C)cc(C(C)(C)C)c3)C2C1C.C[Si](C)(C)Cl.[CH3-].[CH3-].[Cl][Ti][Cl].[Cl][Ti][Cl].[N-]=C(c1c(F)cccc1F)N1CCCCC1.[N-]=C(c1c(F)cccc1F)N1CCCCC1. The Balaban J connectivity index is 0.000000524. The molecule has 9 rings (SSSR count). The van der Waals surface area contributed by atoms with Gasteiger partial charge in [0, 0.05) is 37.9 Å². The van der Waals surface area contributed by atoms with Crippen LogP contribution in [-0.4, -0.2) is 65.5 Å². The summed E-state index contributed by atoms with van der Waals surface area (Å²) in [6, 6.07) is 14.6. The number of halogens is 10. The van der Waals surface area contributed by atoms with Crippen LogP contribution in [0.15, 0.2) is 69.9 Å². The standard InChI is InChI=1S/C24H36S.2C12H13F2N2.C10H15BrS.C3H9ClSi.2CH3.4ClH.2Ti/c1-14-15(2)21-20(13-25-22(21)16(14)3)17-10-18(23(4,5)6)12-19(11-17)24(7,8)9;2*13-9-5-4-6-10(14)11(9)12(15)16-7-2-1-3-8-16;1-5-6(2)9-8(11)4-12-10(9)7(5)3;1-5(2,3)4;;;;;;;;/h10-16,21-22H,1-9H3;2*4-6H,1-3,7-8H2;4-7,9-10H,1-3H3;1-3H3;2*1H3;4*1H;;/q;2*-1;;;2*-1;;;;;2*+2/p-4. The van der Waals surface area contributed by atoms with Gasteiger partial charge in [0.15, 0.2) is 0 Å². The van der Waals surface area contributed by atoms with Crippen LogP contribution in [0.4, 0.5) is 17.6 Å². The van der Waals surface area contributed by atoms with Crippen molar-refractivity contribution in [1.82, 2.24) is 9.80 Å². The van der Waals surface area contributed by atoms with Gasteiger partial charge in [0.2, 0.25) is 0 Å². The molecular weight excluding hydrogens is 1330 g/mol. The van der Waals surface area contributed by atoms with E-state index in [0.29, 0.717) is 26.2 Å². The van der Waals surface area contributed by atoms with Crippen molar-refractivity contribution in [3.8, 4) is 0 Å². The Morgan fingerprint density at radius 1 is 0.549 bits per heavy atom.